The van der Waals surface area contributed by atoms with Gasteiger partial charge in [0.15, 0.2) is 0 Å². The van der Waals surface area contributed by atoms with Gasteiger partial charge in [-0.2, -0.15) is 4.98 Å². The highest BCUT2D eigenvalue weighted by molar-refractivity contribution is 7.17. The van der Waals surface area contributed by atoms with Crippen LogP contribution in [-0.2, 0) is 9.47 Å². The fraction of sp³-hybridized carbons (Fsp3) is 0.556. The molecule has 2 aromatic heterocycles. The zero-order valence-corrected chi connectivity index (χ0v) is 17.8. The monoisotopic (exact) mass is 422 g/mol. The number of nitrogens with zero attached hydrogens (tertiary/aromatic N) is 4. The van der Waals surface area contributed by atoms with E-state index in [0.717, 1.165) is 0 Å². The standard InChI is InChI=1S/C18H26N6O4S/c1-5-27-16(25)20-11-10-29-14-12(11)13(21-15(19)22-14)23-6-8-24(9-7-23)17(26)28-18(2,3)4/h10H,5-9H2,1-4H3,(H,20,25)(H2,19,21,22). The Bertz CT molecular complexity index is 902. The van der Waals surface area contributed by atoms with Crippen LogP contribution in [0.1, 0.15) is 27.7 Å². The number of rotatable bonds is 3. The van der Waals surface area contributed by atoms with Crippen molar-refractivity contribution in [3.63, 3.8) is 0 Å². The molecule has 0 aromatic carbocycles. The van der Waals surface area contributed by atoms with E-state index >= 15 is 0 Å². The summed E-state index contributed by atoms with van der Waals surface area (Å²) in [5, 5.41) is 5.23. The van der Waals surface area contributed by atoms with E-state index in [9.17, 15) is 9.59 Å². The van der Waals surface area contributed by atoms with Gasteiger partial charge in [-0.1, -0.05) is 0 Å². The molecule has 2 aromatic rings. The number of anilines is 3. The molecule has 1 aliphatic heterocycles. The van der Waals surface area contributed by atoms with Crippen molar-refractivity contribution < 1.29 is 19.1 Å². The van der Waals surface area contributed by atoms with Crippen LogP contribution >= 0.6 is 11.3 Å². The quantitative estimate of drug-likeness (QED) is 0.774. The lowest BCUT2D eigenvalue weighted by Crippen LogP contribution is -2.50. The van der Waals surface area contributed by atoms with Gasteiger partial charge in [-0.15, -0.1) is 11.3 Å². The van der Waals surface area contributed by atoms with Crippen molar-refractivity contribution in [2.45, 2.75) is 33.3 Å². The van der Waals surface area contributed by atoms with Gasteiger partial charge in [0, 0.05) is 31.6 Å². The van der Waals surface area contributed by atoms with E-state index in [2.05, 4.69) is 15.3 Å². The Morgan fingerprint density at radius 1 is 1.24 bits per heavy atom. The molecule has 2 amide bonds. The Hall–Kier alpha value is -2.82. The van der Waals surface area contributed by atoms with Gasteiger partial charge in [0.2, 0.25) is 5.95 Å². The fourth-order valence-electron chi connectivity index (χ4n) is 2.96. The maximum atomic E-state index is 12.3. The van der Waals surface area contributed by atoms with E-state index < -0.39 is 11.7 Å². The second-order valence-electron chi connectivity index (χ2n) is 7.53. The highest BCUT2D eigenvalue weighted by atomic mass is 32.1. The Morgan fingerprint density at radius 2 is 1.93 bits per heavy atom. The number of amides is 2. The third-order valence-corrected chi connectivity index (χ3v) is 5.05. The molecule has 0 unspecified atom stereocenters. The summed E-state index contributed by atoms with van der Waals surface area (Å²) < 4.78 is 10.4. The molecule has 3 N–H and O–H groups in total. The molecule has 0 aliphatic carbocycles. The summed E-state index contributed by atoms with van der Waals surface area (Å²) in [6, 6.07) is 0. The van der Waals surface area contributed by atoms with Crippen LogP contribution in [0.4, 0.5) is 27.0 Å². The first-order valence-corrected chi connectivity index (χ1v) is 10.3. The number of nitrogens with two attached hydrogens (primary N) is 1. The van der Waals surface area contributed by atoms with E-state index in [0.29, 0.717) is 47.9 Å². The van der Waals surface area contributed by atoms with Crippen molar-refractivity contribution in [1.82, 2.24) is 14.9 Å². The Kier molecular flexibility index (Phi) is 5.96. The molecule has 11 heteroatoms. The summed E-state index contributed by atoms with van der Waals surface area (Å²) in [5.41, 5.74) is 5.94. The number of aromatic nitrogens is 2. The van der Waals surface area contributed by atoms with Crippen molar-refractivity contribution in [1.29, 1.82) is 0 Å². The normalized spacial score (nSPS) is 14.8. The first-order valence-electron chi connectivity index (χ1n) is 9.39. The van der Waals surface area contributed by atoms with Crippen LogP contribution in [0.25, 0.3) is 10.2 Å². The summed E-state index contributed by atoms with van der Waals surface area (Å²) in [5.74, 6) is 0.788. The van der Waals surface area contributed by atoms with Gasteiger partial charge in [-0.3, -0.25) is 5.32 Å². The molecule has 0 saturated carbocycles. The van der Waals surface area contributed by atoms with Crippen LogP contribution in [0, 0.1) is 0 Å². The number of nitrogen functional groups attached to an aromatic ring is 1. The number of nitrogens with one attached hydrogen (secondary N) is 1. The lowest BCUT2D eigenvalue weighted by atomic mass is 10.2. The molecule has 3 heterocycles. The predicted molar refractivity (Wildman–Crippen MR) is 112 cm³/mol. The zero-order valence-electron chi connectivity index (χ0n) is 17.0. The molecule has 158 valence electrons. The van der Waals surface area contributed by atoms with Gasteiger partial charge in [-0.25, -0.2) is 14.6 Å². The minimum absolute atomic E-state index is 0.159. The number of carbonyl (C=O) groups excluding carboxylic acids is 2. The largest absolute Gasteiger partial charge is 0.450 e. The third-order valence-electron chi connectivity index (χ3n) is 4.17. The summed E-state index contributed by atoms with van der Waals surface area (Å²) in [6.45, 7) is 9.64. The van der Waals surface area contributed by atoms with Crippen LogP contribution in [0.2, 0.25) is 0 Å². The number of carbonyl (C=O) groups is 2. The first-order chi connectivity index (χ1) is 13.7. The number of hydrogen-bond donors (Lipinski definition) is 2. The molecule has 0 spiro atoms. The van der Waals surface area contributed by atoms with Crippen LogP contribution in [-0.4, -0.2) is 65.4 Å². The molecular formula is C18H26N6O4S. The molecule has 10 nitrogen and oxygen atoms in total. The van der Waals surface area contributed by atoms with Gasteiger partial charge < -0.3 is 25.0 Å². The zero-order chi connectivity index (χ0) is 21.2. The number of hydrogen-bond acceptors (Lipinski definition) is 9. The molecule has 1 saturated heterocycles. The predicted octanol–water partition coefficient (Wildman–Crippen LogP) is 2.90. The molecule has 1 fully saturated rings. The third kappa shape index (κ3) is 4.97. The highest BCUT2D eigenvalue weighted by Gasteiger charge is 2.28. The minimum Gasteiger partial charge on any atom is -0.450 e. The van der Waals surface area contributed by atoms with Crippen molar-refractivity contribution in [2.24, 2.45) is 0 Å². The molecule has 0 bridgehead atoms. The number of ether oxygens (including phenoxy) is 2. The Morgan fingerprint density at radius 3 is 2.55 bits per heavy atom. The van der Waals surface area contributed by atoms with E-state index in [-0.39, 0.29) is 18.6 Å². The summed E-state index contributed by atoms with van der Waals surface area (Å²) in [4.78, 5) is 37.2. The number of piperazine rings is 1. The Balaban J connectivity index is 1.80. The van der Waals surface area contributed by atoms with Crippen molar-refractivity contribution in [3.05, 3.63) is 5.38 Å². The molecule has 3 rings (SSSR count). The minimum atomic E-state index is -0.537. The van der Waals surface area contributed by atoms with Gasteiger partial charge in [0.25, 0.3) is 0 Å². The smallest absolute Gasteiger partial charge is 0.411 e. The summed E-state index contributed by atoms with van der Waals surface area (Å²) in [6.07, 6.45) is -0.866. The topological polar surface area (TPSA) is 123 Å². The maximum absolute atomic E-state index is 12.3. The molecule has 0 atom stereocenters. The van der Waals surface area contributed by atoms with Gasteiger partial charge in [0.1, 0.15) is 16.2 Å². The second kappa shape index (κ2) is 8.27. The molecule has 1 aliphatic rings. The van der Waals surface area contributed by atoms with Gasteiger partial charge in [0.05, 0.1) is 17.7 Å². The second-order valence-corrected chi connectivity index (χ2v) is 8.39. The van der Waals surface area contributed by atoms with E-state index in [1.54, 1.807) is 17.2 Å². The van der Waals surface area contributed by atoms with Gasteiger partial charge >= 0.3 is 12.2 Å². The lowest BCUT2D eigenvalue weighted by molar-refractivity contribution is 0.0240. The SMILES string of the molecule is CCOC(=O)Nc1csc2nc(N)nc(N3CCN(C(=O)OC(C)(C)C)CC3)c12. The van der Waals surface area contributed by atoms with E-state index in [1.807, 2.05) is 25.7 Å². The highest BCUT2D eigenvalue weighted by Crippen LogP contribution is 2.36. The molecular weight excluding hydrogens is 396 g/mol. The van der Waals surface area contributed by atoms with Crippen LogP contribution in [0.15, 0.2) is 5.38 Å². The average Bonchev–Trinajstić information content (AvgIpc) is 3.02. The number of thiophene rings is 1. The van der Waals surface area contributed by atoms with Crippen molar-refractivity contribution >= 4 is 51.2 Å². The Labute approximate surface area is 173 Å². The van der Waals surface area contributed by atoms with Crippen LogP contribution in [0.3, 0.4) is 0 Å². The average molecular weight is 423 g/mol. The van der Waals surface area contributed by atoms with Crippen molar-refractivity contribution in [3.8, 4) is 0 Å². The molecule has 0 radical (unpaired) electrons. The summed E-state index contributed by atoms with van der Waals surface area (Å²) >= 11 is 1.37. The van der Waals surface area contributed by atoms with Crippen molar-refractivity contribution in [2.75, 3.05) is 48.7 Å². The fourth-order valence-corrected chi connectivity index (χ4v) is 3.84. The lowest BCUT2D eigenvalue weighted by Gasteiger charge is -2.36. The summed E-state index contributed by atoms with van der Waals surface area (Å²) in [7, 11) is 0. The number of fused-ring (bicyclic) bond motifs is 1. The van der Waals surface area contributed by atoms with E-state index in [1.165, 1.54) is 11.3 Å². The maximum Gasteiger partial charge on any atom is 0.411 e. The molecule has 29 heavy (non-hydrogen) atoms. The van der Waals surface area contributed by atoms with E-state index in [4.69, 9.17) is 15.2 Å². The van der Waals surface area contributed by atoms with Crippen LogP contribution in [0.5, 0.6) is 0 Å². The van der Waals surface area contributed by atoms with Crippen LogP contribution < -0.4 is 16.0 Å². The van der Waals surface area contributed by atoms with Gasteiger partial charge in [-0.05, 0) is 27.7 Å². The first kappa shape index (κ1) is 20.9.